The number of hydrogen-bond donors (Lipinski definition) is 6. The van der Waals surface area contributed by atoms with E-state index in [4.69, 9.17) is 18.7 Å². The van der Waals surface area contributed by atoms with Gasteiger partial charge in [-0.1, -0.05) is 25.0 Å². The molecule has 0 spiro atoms. The van der Waals surface area contributed by atoms with Crippen LogP contribution in [0.25, 0.3) is 0 Å². The smallest absolute Gasteiger partial charge is 0.496 e. The monoisotopic (exact) mass is 629 g/mol. The summed E-state index contributed by atoms with van der Waals surface area (Å²) in [6.07, 6.45) is -1.83. The molecule has 1 fully saturated rings. The maximum Gasteiger partial charge on any atom is 0.524 e. The van der Waals surface area contributed by atoms with Crippen LogP contribution in [-0.4, -0.2) is 80.5 Å². The summed E-state index contributed by atoms with van der Waals surface area (Å²) in [5.41, 5.74) is -0.273. The molecule has 1 aromatic rings. The quantitative estimate of drug-likeness (QED) is 0.0790. The van der Waals surface area contributed by atoms with Crippen molar-refractivity contribution in [2.45, 2.75) is 96.2 Å². The van der Waals surface area contributed by atoms with Crippen LogP contribution in [0.1, 0.15) is 79.4 Å². The number of fused-ring (bicyclic) bond motifs is 1. The highest BCUT2D eigenvalue weighted by molar-refractivity contribution is 7.46. The Bertz CT molecular complexity index is 1310. The van der Waals surface area contributed by atoms with Crippen LogP contribution < -0.4 is 14.6 Å². The van der Waals surface area contributed by atoms with Crippen molar-refractivity contribution in [1.82, 2.24) is 5.32 Å². The van der Waals surface area contributed by atoms with E-state index < -0.39 is 56.0 Å². The van der Waals surface area contributed by atoms with E-state index in [1.807, 2.05) is 6.92 Å². The second-order valence-electron chi connectivity index (χ2n) is 10.9. The minimum Gasteiger partial charge on any atom is -0.496 e. The molecular formula is C28H40NO13P. The first-order chi connectivity index (χ1) is 20.1. The number of benzene rings is 1. The van der Waals surface area contributed by atoms with Gasteiger partial charge in [0.15, 0.2) is 5.75 Å². The second kappa shape index (κ2) is 14.2. The van der Waals surface area contributed by atoms with E-state index in [1.165, 1.54) is 7.11 Å². The molecule has 14 nitrogen and oxygen atoms in total. The topological polar surface area (TPSA) is 218 Å². The average molecular weight is 630 g/mol. The van der Waals surface area contributed by atoms with E-state index >= 15 is 0 Å². The van der Waals surface area contributed by atoms with Crippen molar-refractivity contribution in [3.8, 4) is 11.5 Å². The molecule has 1 heterocycles. The summed E-state index contributed by atoms with van der Waals surface area (Å²) < 4.78 is 32.6. The minimum absolute atomic E-state index is 0.0223. The third kappa shape index (κ3) is 8.34. The van der Waals surface area contributed by atoms with Crippen molar-refractivity contribution in [3.63, 3.8) is 0 Å². The number of cyclic esters (lactones) is 1. The summed E-state index contributed by atoms with van der Waals surface area (Å²) in [6.45, 7) is 5.56. The lowest BCUT2D eigenvalue weighted by atomic mass is 9.79. The number of unbranched alkanes of at least 4 members (excludes halogenated alkanes) is 1. The molecule has 0 bridgehead atoms. The Hall–Kier alpha value is -3.00. The Balaban J connectivity index is 1.71. The average Bonchev–Trinajstić information content (AvgIpc) is 3.32. The van der Waals surface area contributed by atoms with Gasteiger partial charge in [-0.05, 0) is 38.7 Å². The van der Waals surface area contributed by atoms with E-state index in [-0.39, 0.29) is 54.9 Å². The lowest BCUT2D eigenvalue weighted by Crippen LogP contribution is -2.59. The number of hydrogen-bond acceptors (Lipinski definition) is 11. The molecule has 240 valence electrons. The molecule has 4 atom stereocenters. The predicted molar refractivity (Wildman–Crippen MR) is 150 cm³/mol. The van der Waals surface area contributed by atoms with Crippen molar-refractivity contribution in [2.75, 3.05) is 13.7 Å². The number of ether oxygens (including phenoxy) is 3. The molecule has 6 N–H and O–H groups in total. The van der Waals surface area contributed by atoms with Gasteiger partial charge in [-0.15, -0.1) is 0 Å². The van der Waals surface area contributed by atoms with Crippen LogP contribution in [0.4, 0.5) is 0 Å². The first-order valence-corrected chi connectivity index (χ1v) is 15.5. The van der Waals surface area contributed by atoms with Gasteiger partial charge in [0.05, 0.1) is 13.2 Å². The summed E-state index contributed by atoms with van der Waals surface area (Å²) in [4.78, 5) is 56.6. The highest BCUT2D eigenvalue weighted by Gasteiger charge is 2.50. The molecule has 1 aliphatic heterocycles. The van der Waals surface area contributed by atoms with Gasteiger partial charge in [0.1, 0.15) is 35.7 Å². The fraction of sp³-hybridized carbons (Fsp3) is 0.607. The van der Waals surface area contributed by atoms with Gasteiger partial charge in [-0.25, -0.2) is 9.36 Å². The minimum atomic E-state index is -5.07. The van der Waals surface area contributed by atoms with Crippen molar-refractivity contribution in [3.05, 3.63) is 33.9 Å². The molecule has 1 aliphatic carbocycles. The summed E-state index contributed by atoms with van der Waals surface area (Å²) in [5.74, 6) is -2.31. The molecule has 0 saturated heterocycles. The third-order valence-corrected chi connectivity index (χ3v) is 8.02. The van der Waals surface area contributed by atoms with Crippen molar-refractivity contribution >= 4 is 25.7 Å². The van der Waals surface area contributed by atoms with Crippen molar-refractivity contribution in [1.29, 1.82) is 0 Å². The third-order valence-electron chi connectivity index (χ3n) is 7.60. The predicted octanol–water partition coefficient (Wildman–Crippen LogP) is 1.49. The Morgan fingerprint density at radius 3 is 2.51 bits per heavy atom. The van der Waals surface area contributed by atoms with Crippen LogP contribution in [0.15, 0.2) is 11.6 Å². The molecule has 1 aromatic carbocycles. The molecule has 1 amide bonds. The normalized spacial score (nSPS) is 23.8. The van der Waals surface area contributed by atoms with E-state index in [0.717, 1.165) is 6.42 Å². The summed E-state index contributed by atoms with van der Waals surface area (Å²) in [6, 6.07) is 0. The molecule has 15 heteroatoms. The number of carbonyl (C=O) groups is 3. The van der Waals surface area contributed by atoms with Crippen molar-refractivity contribution < 1.29 is 62.8 Å². The number of phosphoric acid groups is 1. The Morgan fingerprint density at radius 1 is 1.19 bits per heavy atom. The number of aliphatic hydroxyl groups excluding tert-OH is 2. The van der Waals surface area contributed by atoms with Gasteiger partial charge in [0, 0.05) is 36.9 Å². The number of rotatable bonds is 13. The molecular weight excluding hydrogens is 589 g/mol. The maximum atomic E-state index is 12.7. The zero-order valence-corrected chi connectivity index (χ0v) is 25.5. The molecule has 2 aliphatic rings. The first kappa shape index (κ1) is 34.5. The number of allylic oxidation sites excluding steroid dienone is 2. The fourth-order valence-corrected chi connectivity index (χ4v) is 5.67. The van der Waals surface area contributed by atoms with Crippen LogP contribution in [0.5, 0.6) is 11.5 Å². The van der Waals surface area contributed by atoms with Gasteiger partial charge in [-0.2, -0.15) is 0 Å². The summed E-state index contributed by atoms with van der Waals surface area (Å²) in [5, 5.41) is 34.1. The Morgan fingerprint density at radius 2 is 1.88 bits per heavy atom. The zero-order chi connectivity index (χ0) is 32.1. The molecule has 1 saturated carbocycles. The van der Waals surface area contributed by atoms with Crippen LogP contribution in [0.3, 0.4) is 0 Å². The van der Waals surface area contributed by atoms with Gasteiger partial charge in [-0.3, -0.25) is 19.4 Å². The fourth-order valence-electron chi connectivity index (χ4n) is 5.23. The molecule has 43 heavy (non-hydrogen) atoms. The number of phosphoric ester groups is 1. The van der Waals surface area contributed by atoms with Crippen LogP contribution in [-0.2, 0) is 36.7 Å². The lowest BCUT2D eigenvalue weighted by Gasteiger charge is -2.40. The number of carbonyl (C=O) groups excluding carboxylic acids is 3. The largest absolute Gasteiger partial charge is 0.524 e. The zero-order valence-electron chi connectivity index (χ0n) is 24.6. The van der Waals surface area contributed by atoms with Crippen LogP contribution in [0.2, 0.25) is 0 Å². The number of nitrogens with one attached hydrogen (secondary N) is 1. The summed E-state index contributed by atoms with van der Waals surface area (Å²) in [7, 11) is -3.70. The van der Waals surface area contributed by atoms with E-state index in [0.29, 0.717) is 29.7 Å². The Kier molecular flexibility index (Phi) is 11.4. The molecule has 0 radical (unpaired) electrons. The van der Waals surface area contributed by atoms with E-state index in [1.54, 1.807) is 19.9 Å². The Labute approximate surface area is 249 Å². The second-order valence-corrected chi connectivity index (χ2v) is 12.0. The lowest BCUT2D eigenvalue weighted by molar-refractivity contribution is -0.190. The number of amides is 1. The van der Waals surface area contributed by atoms with Crippen LogP contribution in [0, 0.1) is 6.92 Å². The number of esters is 2. The number of methoxy groups -OCH3 is 1. The first-order valence-electron chi connectivity index (χ1n) is 14.0. The van der Waals surface area contributed by atoms with E-state index in [9.17, 15) is 44.1 Å². The maximum absolute atomic E-state index is 12.7. The van der Waals surface area contributed by atoms with Crippen molar-refractivity contribution in [2.24, 2.45) is 0 Å². The summed E-state index contributed by atoms with van der Waals surface area (Å²) >= 11 is 0. The van der Waals surface area contributed by atoms with Crippen LogP contribution >= 0.6 is 7.82 Å². The molecule has 0 aromatic heterocycles. The molecule has 3 rings (SSSR count). The molecule has 4 unspecified atom stereocenters. The van der Waals surface area contributed by atoms with Gasteiger partial charge < -0.3 is 39.4 Å². The van der Waals surface area contributed by atoms with Gasteiger partial charge in [0.2, 0.25) is 0 Å². The van der Waals surface area contributed by atoms with Gasteiger partial charge >= 0.3 is 19.8 Å². The highest BCUT2D eigenvalue weighted by atomic mass is 31.2. The van der Waals surface area contributed by atoms with E-state index in [2.05, 4.69) is 5.32 Å². The standard InChI is InChI=1S/C28H40NO13P/c1-5-6-11-29-27(34)28(35)12-19(30)23(32)20(13-28)41-21(31)10-8-15(2)7-9-17-24(39-4)16(3)18-14-40-26(33)22(18)25(17)42-43(36,37)38/h7,19-20,23,30,32,35H,5-6,8-14H2,1-4H3,(H,29,34)(H2,36,37,38). The number of aliphatic hydroxyl groups is 3. The van der Waals surface area contributed by atoms with Gasteiger partial charge in [0.25, 0.3) is 5.91 Å². The SMILES string of the molecule is CCCCNC(=O)C1(O)CC(O)C(O)C(OC(=O)CCC(C)=CCc2c(OC)c(C)c3c(c2OP(=O)(O)O)C(=O)OC3)C1. The highest BCUT2D eigenvalue weighted by Crippen LogP contribution is 2.48.